The molecule has 39 heavy (non-hydrogen) atoms. The summed E-state index contributed by atoms with van der Waals surface area (Å²) < 4.78 is 22.0. The molecule has 0 radical (unpaired) electrons. The van der Waals surface area contributed by atoms with Gasteiger partial charge in [0.1, 0.15) is 41.8 Å². The van der Waals surface area contributed by atoms with E-state index in [4.69, 9.17) is 9.84 Å². The van der Waals surface area contributed by atoms with Crippen LogP contribution in [-0.4, -0.2) is 59.1 Å². The number of hydrogen-bond acceptors (Lipinski definition) is 8. The monoisotopic (exact) mass is 663 g/mol. The van der Waals surface area contributed by atoms with Crippen molar-refractivity contribution in [2.24, 2.45) is 0 Å². The Morgan fingerprint density at radius 2 is 1.95 bits per heavy atom. The van der Waals surface area contributed by atoms with E-state index in [2.05, 4.69) is 19.9 Å². The Kier molecular flexibility index (Phi) is 8.11. The first kappa shape index (κ1) is 27.1. The highest BCUT2D eigenvalue weighted by Crippen LogP contribution is 2.33. The topological polar surface area (TPSA) is 149 Å². The van der Waals surface area contributed by atoms with Crippen LogP contribution in [0.5, 0.6) is 11.6 Å². The van der Waals surface area contributed by atoms with Crippen molar-refractivity contribution in [2.45, 2.75) is 18.6 Å². The number of aromatic hydroxyl groups is 1. The Morgan fingerprint density at radius 1 is 1.15 bits per heavy atom. The number of aliphatic hydroxyl groups excluding tert-OH is 2. The second kappa shape index (κ2) is 11.7. The fraction of sp³-hybridized carbons (Fsp3) is 0.192. The van der Waals surface area contributed by atoms with Crippen molar-refractivity contribution < 1.29 is 24.4 Å². The molecule has 3 aromatic heterocycles. The Balaban J connectivity index is 1.50. The molecule has 0 saturated heterocycles. The smallest absolute Gasteiger partial charge is 0.329 e. The molecule has 0 spiro atoms. The van der Waals surface area contributed by atoms with Crippen LogP contribution in [0.25, 0.3) is 22.5 Å². The summed E-state index contributed by atoms with van der Waals surface area (Å²) in [6, 6.07) is 10.6. The highest BCUT2D eigenvalue weighted by atomic mass is 127. The van der Waals surface area contributed by atoms with E-state index in [1.54, 1.807) is 41.9 Å². The molecule has 3 heterocycles. The van der Waals surface area contributed by atoms with Crippen LogP contribution in [0.2, 0.25) is 0 Å². The zero-order valence-corrected chi connectivity index (χ0v) is 23.2. The normalized spacial score (nSPS) is 12.9. The first-order chi connectivity index (χ1) is 18.8. The third kappa shape index (κ3) is 5.90. The van der Waals surface area contributed by atoms with Crippen molar-refractivity contribution in [3.05, 3.63) is 90.9 Å². The molecular weight excluding hydrogens is 640 g/mol. The van der Waals surface area contributed by atoms with Crippen molar-refractivity contribution >= 4 is 33.9 Å². The summed E-state index contributed by atoms with van der Waals surface area (Å²) in [6.07, 6.45) is 0.741. The molecule has 0 unspecified atom stereocenters. The lowest BCUT2D eigenvalue weighted by Crippen LogP contribution is -2.25. The predicted molar refractivity (Wildman–Crippen MR) is 151 cm³/mol. The largest absolute Gasteiger partial charge is 0.493 e. The van der Waals surface area contributed by atoms with Crippen LogP contribution in [-0.2, 0) is 6.42 Å². The number of aromatic amines is 2. The Morgan fingerprint density at radius 3 is 2.64 bits per heavy atom. The second-order valence-electron chi connectivity index (χ2n) is 8.68. The minimum absolute atomic E-state index is 0.0795. The number of imidazole rings is 2. The Hall–Kier alpha value is -3.53. The summed E-state index contributed by atoms with van der Waals surface area (Å²) in [5, 5.41) is 31.5. The number of nitrogens with zero attached hydrogens (tertiary/aromatic N) is 3. The fourth-order valence-corrected chi connectivity index (χ4v) is 5.11. The minimum Gasteiger partial charge on any atom is -0.493 e. The summed E-state index contributed by atoms with van der Waals surface area (Å²) in [7, 11) is 0. The van der Waals surface area contributed by atoms with Crippen molar-refractivity contribution in [1.29, 1.82) is 0 Å². The van der Waals surface area contributed by atoms with Crippen LogP contribution in [0.4, 0.5) is 4.39 Å². The van der Waals surface area contributed by atoms with E-state index in [1.165, 1.54) is 28.2 Å². The molecule has 0 aliphatic rings. The number of H-pyrrole nitrogens is 2. The minimum atomic E-state index is -1.00. The molecular formula is C26H23FIN5O5S. The highest BCUT2D eigenvalue weighted by Gasteiger charge is 2.27. The van der Waals surface area contributed by atoms with Crippen molar-refractivity contribution in [3.8, 4) is 34.1 Å². The SMILES string of the molecule is O=c1[nH]c(-c2ccc(OC[C@H](O)CO)cc2)c(O)n1[C@H](Cc1cscn1)c1ncc(-c2ccc(I)cc2F)[nH]1. The van der Waals surface area contributed by atoms with Crippen molar-refractivity contribution in [2.75, 3.05) is 13.2 Å². The van der Waals surface area contributed by atoms with Gasteiger partial charge in [0.25, 0.3) is 0 Å². The average Bonchev–Trinajstić information content (AvgIpc) is 3.68. The van der Waals surface area contributed by atoms with Gasteiger partial charge >= 0.3 is 5.69 Å². The summed E-state index contributed by atoms with van der Waals surface area (Å²) >= 11 is 3.44. The van der Waals surface area contributed by atoms with Gasteiger partial charge in [0.15, 0.2) is 0 Å². The number of ether oxygens (including phenoxy) is 1. The van der Waals surface area contributed by atoms with Gasteiger partial charge < -0.3 is 30.0 Å². The van der Waals surface area contributed by atoms with Crippen molar-refractivity contribution in [3.63, 3.8) is 0 Å². The van der Waals surface area contributed by atoms with Gasteiger partial charge in [-0.05, 0) is 65.1 Å². The maximum absolute atomic E-state index is 14.6. The zero-order valence-electron chi connectivity index (χ0n) is 20.2. The molecule has 10 nitrogen and oxygen atoms in total. The first-order valence-electron chi connectivity index (χ1n) is 11.8. The maximum Gasteiger partial charge on any atom is 0.329 e. The van der Waals surface area contributed by atoms with Gasteiger partial charge in [-0.15, -0.1) is 11.3 Å². The predicted octanol–water partition coefficient (Wildman–Crippen LogP) is 3.70. The number of benzene rings is 2. The third-order valence-electron chi connectivity index (χ3n) is 6.03. The van der Waals surface area contributed by atoms with Crippen LogP contribution < -0.4 is 10.4 Å². The first-order valence-corrected chi connectivity index (χ1v) is 13.8. The lowest BCUT2D eigenvalue weighted by molar-refractivity contribution is 0.0536. The fourth-order valence-electron chi connectivity index (χ4n) is 4.09. The summed E-state index contributed by atoms with van der Waals surface area (Å²) in [5.41, 5.74) is 3.30. The van der Waals surface area contributed by atoms with Gasteiger partial charge in [0.2, 0.25) is 5.88 Å². The van der Waals surface area contributed by atoms with Crippen molar-refractivity contribution in [1.82, 2.24) is 24.5 Å². The van der Waals surface area contributed by atoms with E-state index in [1.807, 2.05) is 28.0 Å². The van der Waals surface area contributed by atoms with E-state index in [0.29, 0.717) is 34.1 Å². The molecule has 0 fully saturated rings. The number of nitrogens with one attached hydrogen (secondary N) is 2. The summed E-state index contributed by atoms with van der Waals surface area (Å²) in [6.45, 7) is -0.497. The van der Waals surface area contributed by atoms with Gasteiger partial charge in [-0.3, -0.25) is 4.57 Å². The number of halogens is 2. The van der Waals surface area contributed by atoms with Gasteiger partial charge in [-0.2, -0.15) is 0 Å². The standard InChI is InChI=1S/C26H23FIN5O5S/c27-20-7-15(28)3-6-19(20)21-9-29-24(31-21)22(8-16-12-39-13-30-16)33-25(36)23(32-26(33)37)14-1-4-18(5-2-14)38-11-17(35)10-34/h1-7,9,12-13,17,22,34-36H,8,10-11H2,(H,29,31)(H,32,37)/t17-,22-/m1/s1. The average molecular weight is 663 g/mol. The van der Waals surface area contributed by atoms with Gasteiger partial charge in [-0.1, -0.05) is 0 Å². The van der Waals surface area contributed by atoms with Gasteiger partial charge in [0.05, 0.1) is 29.7 Å². The maximum atomic E-state index is 14.6. The molecule has 13 heteroatoms. The number of thiazole rings is 1. The lowest BCUT2D eigenvalue weighted by Gasteiger charge is -2.16. The van der Waals surface area contributed by atoms with E-state index in [9.17, 15) is 19.4 Å². The molecule has 5 rings (SSSR count). The quantitative estimate of drug-likeness (QED) is 0.143. The summed E-state index contributed by atoms with van der Waals surface area (Å²) in [4.78, 5) is 27.8. The third-order valence-corrected chi connectivity index (χ3v) is 7.33. The Bertz CT molecular complexity index is 1620. The lowest BCUT2D eigenvalue weighted by atomic mass is 10.1. The molecule has 2 atom stereocenters. The van der Waals surface area contributed by atoms with Crippen LogP contribution in [0, 0.1) is 9.39 Å². The second-order valence-corrected chi connectivity index (χ2v) is 10.6. The van der Waals surface area contributed by atoms with Crippen LogP contribution in [0.3, 0.4) is 0 Å². The molecule has 0 aliphatic carbocycles. The number of aliphatic hydroxyl groups is 2. The molecule has 0 amide bonds. The summed E-state index contributed by atoms with van der Waals surface area (Å²) in [5.74, 6) is 0.0864. The van der Waals surface area contributed by atoms with E-state index >= 15 is 0 Å². The molecule has 5 N–H and O–H groups in total. The number of aromatic nitrogens is 5. The van der Waals surface area contributed by atoms with Crippen LogP contribution >= 0.6 is 33.9 Å². The molecule has 0 aliphatic heterocycles. The van der Waals surface area contributed by atoms with E-state index < -0.39 is 30.3 Å². The highest BCUT2D eigenvalue weighted by molar-refractivity contribution is 14.1. The van der Waals surface area contributed by atoms with Crippen LogP contribution in [0.15, 0.2) is 64.3 Å². The zero-order chi connectivity index (χ0) is 27.5. The molecule has 2 aromatic carbocycles. The van der Waals surface area contributed by atoms with E-state index in [0.717, 1.165) is 3.57 Å². The molecule has 0 saturated carbocycles. The van der Waals surface area contributed by atoms with Gasteiger partial charge in [0, 0.05) is 26.5 Å². The molecule has 202 valence electrons. The van der Waals surface area contributed by atoms with Crippen LogP contribution in [0.1, 0.15) is 17.6 Å². The number of hydrogen-bond donors (Lipinski definition) is 5. The van der Waals surface area contributed by atoms with E-state index in [-0.39, 0.29) is 24.6 Å². The number of rotatable bonds is 10. The Labute approximate surface area is 238 Å². The molecule has 5 aromatic rings. The van der Waals surface area contributed by atoms with Gasteiger partial charge in [-0.25, -0.2) is 19.2 Å². The molecule has 0 bridgehead atoms.